The van der Waals surface area contributed by atoms with Gasteiger partial charge in [-0.05, 0) is 50.3 Å². The third-order valence-electron chi connectivity index (χ3n) is 5.41. The lowest BCUT2D eigenvalue weighted by Crippen LogP contribution is -2.53. The predicted octanol–water partition coefficient (Wildman–Crippen LogP) is 3.19. The largest absolute Gasteiger partial charge is 0.338 e. The minimum absolute atomic E-state index is 0.102. The van der Waals surface area contributed by atoms with Crippen LogP contribution in [0.5, 0.6) is 0 Å². The molecule has 1 aromatic carbocycles. The summed E-state index contributed by atoms with van der Waals surface area (Å²) in [4.78, 5) is 29.5. The van der Waals surface area contributed by atoms with E-state index in [4.69, 9.17) is 28.9 Å². The van der Waals surface area contributed by atoms with Crippen molar-refractivity contribution in [1.82, 2.24) is 9.80 Å². The molecule has 26 heavy (non-hydrogen) atoms. The summed E-state index contributed by atoms with van der Waals surface area (Å²) in [6, 6.07) is 5.03. The molecule has 142 valence electrons. The quantitative estimate of drug-likeness (QED) is 0.851. The molecule has 2 unspecified atom stereocenters. The van der Waals surface area contributed by atoms with Crippen molar-refractivity contribution in [3.63, 3.8) is 0 Å². The first kappa shape index (κ1) is 19.5. The van der Waals surface area contributed by atoms with Gasteiger partial charge in [0, 0.05) is 37.8 Å². The fourth-order valence-corrected chi connectivity index (χ4v) is 4.24. The summed E-state index contributed by atoms with van der Waals surface area (Å²) < 4.78 is 0. The number of amides is 2. The number of hydrogen-bond acceptors (Lipinski definition) is 3. The predicted molar refractivity (Wildman–Crippen MR) is 103 cm³/mol. The Kier molecular flexibility index (Phi) is 6.43. The first-order valence-corrected chi connectivity index (χ1v) is 10.0. The number of carbonyl (C=O) groups is 2. The maximum Gasteiger partial charge on any atom is 0.253 e. The third kappa shape index (κ3) is 4.16. The summed E-state index contributed by atoms with van der Waals surface area (Å²) in [6.07, 6.45) is 4.77. The molecule has 2 N–H and O–H groups in total. The minimum atomic E-state index is -0.150. The summed E-state index contributed by atoms with van der Waals surface area (Å²) in [5.41, 5.74) is 6.36. The summed E-state index contributed by atoms with van der Waals surface area (Å²) in [7, 11) is 0. The molecule has 0 aliphatic carbocycles. The molecule has 0 spiro atoms. The summed E-state index contributed by atoms with van der Waals surface area (Å²) in [5, 5.41) is 0.786. The summed E-state index contributed by atoms with van der Waals surface area (Å²) in [5.74, 6) is -0.107. The number of benzene rings is 1. The average molecular weight is 398 g/mol. The second-order valence-electron chi connectivity index (χ2n) is 7.14. The fraction of sp³-hybridized carbons (Fsp3) is 0.579. The number of carbonyl (C=O) groups excluding carboxylic acids is 2. The molecule has 2 aliphatic heterocycles. The van der Waals surface area contributed by atoms with Crippen LogP contribution >= 0.6 is 23.2 Å². The number of likely N-dealkylation sites (tertiary alicyclic amines) is 2. The molecular formula is C19H25Cl2N3O2. The molecule has 2 saturated heterocycles. The van der Waals surface area contributed by atoms with Crippen molar-refractivity contribution < 1.29 is 9.59 Å². The molecule has 3 rings (SSSR count). The third-order valence-corrected chi connectivity index (χ3v) is 6.15. The van der Waals surface area contributed by atoms with E-state index in [-0.39, 0.29) is 23.8 Å². The highest BCUT2D eigenvalue weighted by Gasteiger charge is 2.34. The Morgan fingerprint density at radius 1 is 1.08 bits per heavy atom. The highest BCUT2D eigenvalue weighted by Crippen LogP contribution is 2.27. The van der Waals surface area contributed by atoms with Crippen molar-refractivity contribution in [2.45, 2.75) is 38.1 Å². The number of rotatable bonds is 3. The molecule has 2 atom stereocenters. The van der Waals surface area contributed by atoms with Crippen LogP contribution in [-0.2, 0) is 4.79 Å². The van der Waals surface area contributed by atoms with Gasteiger partial charge >= 0.3 is 0 Å². The zero-order chi connectivity index (χ0) is 18.7. The van der Waals surface area contributed by atoms with Crippen LogP contribution in [0.25, 0.3) is 0 Å². The Balaban J connectivity index is 1.69. The topological polar surface area (TPSA) is 66.6 Å². The molecule has 7 heteroatoms. The smallest absolute Gasteiger partial charge is 0.253 e. The van der Waals surface area contributed by atoms with E-state index in [0.29, 0.717) is 35.2 Å². The Morgan fingerprint density at radius 3 is 2.62 bits per heavy atom. The van der Waals surface area contributed by atoms with E-state index < -0.39 is 0 Å². The highest BCUT2D eigenvalue weighted by molar-refractivity contribution is 6.42. The molecule has 0 bridgehead atoms. The van der Waals surface area contributed by atoms with E-state index in [1.807, 2.05) is 4.90 Å². The monoisotopic (exact) mass is 397 g/mol. The van der Waals surface area contributed by atoms with Crippen LogP contribution in [-0.4, -0.2) is 53.8 Å². The SMILES string of the molecule is NCC1CCCCN1C(=O)C1CCCN(C(=O)c2ccc(Cl)c(Cl)c2)C1. The van der Waals surface area contributed by atoms with Gasteiger partial charge < -0.3 is 15.5 Å². The Labute approximate surface area is 164 Å². The first-order chi connectivity index (χ1) is 12.5. The van der Waals surface area contributed by atoms with Gasteiger partial charge in [0.15, 0.2) is 0 Å². The van der Waals surface area contributed by atoms with Crippen molar-refractivity contribution in [2.24, 2.45) is 11.7 Å². The van der Waals surface area contributed by atoms with Crippen molar-refractivity contribution >= 4 is 35.0 Å². The van der Waals surface area contributed by atoms with Crippen LogP contribution in [0.1, 0.15) is 42.5 Å². The number of halogens is 2. The maximum atomic E-state index is 13.0. The van der Waals surface area contributed by atoms with Gasteiger partial charge in [-0.15, -0.1) is 0 Å². The van der Waals surface area contributed by atoms with Crippen LogP contribution in [0.15, 0.2) is 18.2 Å². The normalized spacial score (nSPS) is 23.8. The van der Waals surface area contributed by atoms with Crippen LogP contribution in [0, 0.1) is 5.92 Å². The van der Waals surface area contributed by atoms with Crippen molar-refractivity contribution in [2.75, 3.05) is 26.2 Å². The van der Waals surface area contributed by atoms with Gasteiger partial charge in [0.1, 0.15) is 0 Å². The van der Waals surface area contributed by atoms with E-state index in [2.05, 4.69) is 0 Å². The molecule has 2 heterocycles. The number of nitrogens with zero attached hydrogens (tertiary/aromatic N) is 2. The highest BCUT2D eigenvalue weighted by atomic mass is 35.5. The van der Waals surface area contributed by atoms with Crippen LogP contribution in [0.4, 0.5) is 0 Å². The van der Waals surface area contributed by atoms with E-state index in [1.54, 1.807) is 23.1 Å². The number of piperidine rings is 2. The maximum absolute atomic E-state index is 13.0. The molecule has 0 radical (unpaired) electrons. The van der Waals surface area contributed by atoms with Gasteiger partial charge in [0.25, 0.3) is 5.91 Å². The standard InChI is InChI=1S/C19H25Cl2N3O2/c20-16-7-6-13(10-17(16)21)18(25)23-8-3-4-14(12-23)19(26)24-9-2-1-5-15(24)11-22/h6-7,10,14-15H,1-5,8-9,11-12,22H2. The van der Waals surface area contributed by atoms with Gasteiger partial charge in [0.05, 0.1) is 16.0 Å². The Bertz CT molecular complexity index is 683. The number of hydrogen-bond donors (Lipinski definition) is 1. The zero-order valence-corrected chi connectivity index (χ0v) is 16.3. The van der Waals surface area contributed by atoms with Crippen molar-refractivity contribution in [1.29, 1.82) is 0 Å². The second-order valence-corrected chi connectivity index (χ2v) is 7.95. The summed E-state index contributed by atoms with van der Waals surface area (Å²) >= 11 is 12.0. The first-order valence-electron chi connectivity index (χ1n) is 9.26. The van der Waals surface area contributed by atoms with Gasteiger partial charge in [-0.25, -0.2) is 0 Å². The van der Waals surface area contributed by atoms with Crippen LogP contribution in [0.3, 0.4) is 0 Å². The Morgan fingerprint density at radius 2 is 1.88 bits per heavy atom. The fourth-order valence-electron chi connectivity index (χ4n) is 3.95. The van der Waals surface area contributed by atoms with Crippen molar-refractivity contribution in [3.8, 4) is 0 Å². The van der Waals surface area contributed by atoms with E-state index in [0.717, 1.165) is 38.6 Å². The molecule has 0 aromatic heterocycles. The van der Waals surface area contributed by atoms with E-state index >= 15 is 0 Å². The molecule has 2 fully saturated rings. The van der Waals surface area contributed by atoms with Gasteiger partial charge in [-0.1, -0.05) is 23.2 Å². The van der Waals surface area contributed by atoms with Crippen LogP contribution in [0.2, 0.25) is 10.0 Å². The second kappa shape index (κ2) is 8.59. The lowest BCUT2D eigenvalue weighted by Gasteiger charge is -2.40. The Hall–Kier alpha value is -1.30. The molecular weight excluding hydrogens is 373 g/mol. The lowest BCUT2D eigenvalue weighted by atomic mass is 9.93. The average Bonchev–Trinajstić information content (AvgIpc) is 2.69. The van der Waals surface area contributed by atoms with Crippen LogP contribution < -0.4 is 5.73 Å². The molecule has 2 amide bonds. The van der Waals surface area contributed by atoms with Gasteiger partial charge in [-0.2, -0.15) is 0 Å². The van der Waals surface area contributed by atoms with Crippen molar-refractivity contribution in [3.05, 3.63) is 33.8 Å². The molecule has 1 aromatic rings. The summed E-state index contributed by atoms with van der Waals surface area (Å²) in [6.45, 7) is 2.39. The minimum Gasteiger partial charge on any atom is -0.338 e. The molecule has 0 saturated carbocycles. The molecule has 2 aliphatic rings. The molecule has 5 nitrogen and oxygen atoms in total. The van der Waals surface area contributed by atoms with Gasteiger partial charge in [-0.3, -0.25) is 9.59 Å². The van der Waals surface area contributed by atoms with Gasteiger partial charge in [0.2, 0.25) is 5.91 Å². The zero-order valence-electron chi connectivity index (χ0n) is 14.8. The number of nitrogens with two attached hydrogens (primary N) is 1. The van der Waals surface area contributed by atoms with E-state index in [1.165, 1.54) is 0 Å². The van der Waals surface area contributed by atoms with E-state index in [9.17, 15) is 9.59 Å². The lowest BCUT2D eigenvalue weighted by molar-refractivity contribution is -0.140.